The molecule has 0 bridgehead atoms. The summed E-state index contributed by atoms with van der Waals surface area (Å²) in [5.74, 6) is 0. The van der Waals surface area contributed by atoms with Crippen molar-refractivity contribution in [2.45, 2.75) is 26.4 Å². The Bertz CT molecular complexity index is 472. The molecule has 0 spiro atoms. The molecule has 5 heteroatoms. The van der Waals surface area contributed by atoms with Crippen molar-refractivity contribution in [3.8, 4) is 0 Å². The first-order chi connectivity index (χ1) is 7.81. The minimum atomic E-state index is -0.569. The summed E-state index contributed by atoms with van der Waals surface area (Å²) in [6.07, 6.45) is -0.569. The number of rotatable bonds is 1. The Kier molecular flexibility index (Phi) is 4.13. The van der Waals surface area contributed by atoms with Crippen LogP contribution in [0.2, 0.25) is 0 Å². The lowest BCUT2D eigenvalue weighted by Crippen LogP contribution is -2.27. The molecule has 0 saturated heterocycles. The Morgan fingerprint density at radius 1 is 1.47 bits per heavy atom. The van der Waals surface area contributed by atoms with E-state index in [0.29, 0.717) is 11.4 Å². The van der Waals surface area contributed by atoms with Gasteiger partial charge in [0.1, 0.15) is 5.60 Å². The summed E-state index contributed by atoms with van der Waals surface area (Å²) in [5, 5.41) is 2.55. The van der Waals surface area contributed by atoms with Crippen LogP contribution in [0.4, 0.5) is 16.2 Å². The number of ether oxygens (including phenoxy) is 1. The number of carbonyl (C=O) groups is 1. The molecule has 1 N–H and O–H groups in total. The van der Waals surface area contributed by atoms with Crippen LogP contribution in [0.1, 0.15) is 20.8 Å². The smallest absolute Gasteiger partial charge is 0.411 e. The third kappa shape index (κ3) is 4.45. The van der Waals surface area contributed by atoms with Crippen molar-refractivity contribution in [1.82, 2.24) is 0 Å². The molecule has 0 aromatic heterocycles. The molecule has 0 aliphatic heterocycles. The highest BCUT2D eigenvalue weighted by atomic mass is 79.9. The summed E-state index contributed by atoms with van der Waals surface area (Å²) < 4.78 is 5.90. The van der Waals surface area contributed by atoms with E-state index >= 15 is 0 Å². The maximum Gasteiger partial charge on any atom is 0.411 e. The van der Waals surface area contributed by atoms with E-state index in [-0.39, 0.29) is 0 Å². The summed E-state index contributed by atoms with van der Waals surface area (Å²) in [7, 11) is 0. The average Bonchev–Trinajstić information content (AvgIpc) is 2.14. The highest BCUT2D eigenvalue weighted by Crippen LogP contribution is 2.28. The highest BCUT2D eigenvalue weighted by molar-refractivity contribution is 9.10. The summed E-state index contributed by atoms with van der Waals surface area (Å²) in [4.78, 5) is 14.9. The Balaban J connectivity index is 2.85. The first-order valence-electron chi connectivity index (χ1n) is 4.99. The quantitative estimate of drug-likeness (QED) is 0.783. The van der Waals surface area contributed by atoms with Crippen LogP contribution < -0.4 is 5.32 Å². The molecular weight excluding hydrogens is 284 g/mol. The van der Waals surface area contributed by atoms with Crippen molar-refractivity contribution in [3.63, 3.8) is 0 Å². The second-order valence-corrected chi connectivity index (χ2v) is 5.32. The fraction of sp³-hybridized carbons (Fsp3) is 0.333. The third-order valence-corrected chi connectivity index (χ3v) is 2.21. The molecule has 0 saturated carbocycles. The van der Waals surface area contributed by atoms with Crippen molar-refractivity contribution in [2.24, 2.45) is 0 Å². The van der Waals surface area contributed by atoms with Crippen molar-refractivity contribution in [2.75, 3.05) is 5.32 Å². The molecule has 0 aliphatic rings. The van der Waals surface area contributed by atoms with E-state index < -0.39 is 11.7 Å². The van der Waals surface area contributed by atoms with Crippen molar-refractivity contribution in [1.29, 1.82) is 0 Å². The maximum absolute atomic E-state index is 11.6. The number of hydrogen-bond acceptors (Lipinski definition) is 2. The van der Waals surface area contributed by atoms with Gasteiger partial charge in [-0.3, -0.25) is 0 Å². The van der Waals surface area contributed by atoms with Gasteiger partial charge in [0.2, 0.25) is 5.69 Å². The van der Waals surface area contributed by atoms with Crippen LogP contribution in [0.25, 0.3) is 4.85 Å². The maximum atomic E-state index is 11.6. The molecule has 1 amide bonds. The third-order valence-electron chi connectivity index (χ3n) is 1.71. The van der Waals surface area contributed by atoms with Gasteiger partial charge in [-0.05, 0) is 26.8 Å². The van der Waals surface area contributed by atoms with Gasteiger partial charge in [0.15, 0.2) is 0 Å². The SMILES string of the molecule is [C-]#[N+]c1ccc(Br)cc1NC(=O)OC(C)(C)C. The second kappa shape index (κ2) is 5.19. The van der Waals surface area contributed by atoms with Crippen LogP contribution in [-0.2, 0) is 4.74 Å². The van der Waals surface area contributed by atoms with Gasteiger partial charge in [-0.15, -0.1) is 0 Å². The molecule has 90 valence electrons. The first-order valence-corrected chi connectivity index (χ1v) is 5.78. The zero-order chi connectivity index (χ0) is 13.1. The van der Waals surface area contributed by atoms with Gasteiger partial charge in [0, 0.05) is 4.47 Å². The van der Waals surface area contributed by atoms with E-state index in [1.54, 1.807) is 39.0 Å². The largest absolute Gasteiger partial charge is 0.444 e. The molecular formula is C12H13BrN2O2. The van der Waals surface area contributed by atoms with Gasteiger partial charge in [-0.2, -0.15) is 0 Å². The summed E-state index contributed by atoms with van der Waals surface area (Å²) in [6, 6.07) is 5.04. The lowest BCUT2D eigenvalue weighted by molar-refractivity contribution is 0.0636. The number of carbonyl (C=O) groups excluding carboxylic acids is 1. The first kappa shape index (κ1) is 13.5. The summed E-state index contributed by atoms with van der Waals surface area (Å²) >= 11 is 3.28. The number of hydrogen-bond donors (Lipinski definition) is 1. The van der Waals surface area contributed by atoms with Crippen LogP contribution in [0, 0.1) is 6.57 Å². The predicted octanol–water partition coefficient (Wildman–Crippen LogP) is 4.35. The molecule has 0 atom stereocenters. The van der Waals surface area contributed by atoms with Crippen molar-refractivity contribution in [3.05, 3.63) is 34.1 Å². The second-order valence-electron chi connectivity index (χ2n) is 4.40. The number of nitrogens with zero attached hydrogens (tertiary/aromatic N) is 1. The average molecular weight is 297 g/mol. The highest BCUT2D eigenvalue weighted by Gasteiger charge is 2.17. The molecule has 1 aromatic carbocycles. The van der Waals surface area contributed by atoms with Gasteiger partial charge in [0.05, 0.1) is 12.3 Å². The Morgan fingerprint density at radius 3 is 2.65 bits per heavy atom. The monoisotopic (exact) mass is 296 g/mol. The van der Waals surface area contributed by atoms with Crippen LogP contribution in [0.15, 0.2) is 22.7 Å². The van der Waals surface area contributed by atoms with E-state index in [2.05, 4.69) is 26.1 Å². The van der Waals surface area contributed by atoms with Gasteiger partial charge in [-0.1, -0.05) is 28.1 Å². The molecule has 0 heterocycles. The topological polar surface area (TPSA) is 42.7 Å². The predicted molar refractivity (Wildman–Crippen MR) is 70.3 cm³/mol. The fourth-order valence-corrected chi connectivity index (χ4v) is 1.48. The summed E-state index contributed by atoms with van der Waals surface area (Å²) in [6.45, 7) is 12.3. The molecule has 0 unspecified atom stereocenters. The van der Waals surface area contributed by atoms with Crippen LogP contribution in [0.5, 0.6) is 0 Å². The molecule has 1 aromatic rings. The van der Waals surface area contributed by atoms with Crippen molar-refractivity contribution >= 4 is 33.4 Å². The van der Waals surface area contributed by atoms with E-state index in [4.69, 9.17) is 11.3 Å². The lowest BCUT2D eigenvalue weighted by atomic mass is 10.2. The van der Waals surface area contributed by atoms with Crippen molar-refractivity contribution < 1.29 is 9.53 Å². The van der Waals surface area contributed by atoms with E-state index in [0.717, 1.165) is 4.47 Å². The van der Waals surface area contributed by atoms with Gasteiger partial charge >= 0.3 is 6.09 Å². The minimum absolute atomic E-state index is 0.374. The Hall–Kier alpha value is -1.54. The van der Waals surface area contributed by atoms with Crippen LogP contribution in [-0.4, -0.2) is 11.7 Å². The number of halogens is 1. The molecule has 1 rings (SSSR count). The van der Waals surface area contributed by atoms with E-state index in [1.807, 2.05) is 0 Å². The number of benzene rings is 1. The summed E-state index contributed by atoms with van der Waals surface area (Å²) in [5.41, 5.74) is 0.247. The van der Waals surface area contributed by atoms with Gasteiger partial charge in [-0.25, -0.2) is 9.64 Å². The molecule has 4 nitrogen and oxygen atoms in total. The standard InChI is InChI=1S/C12H13BrN2O2/c1-12(2,3)17-11(16)15-10-7-8(13)5-6-9(10)14-4/h5-7H,1-3H3,(H,15,16). The lowest BCUT2D eigenvalue weighted by Gasteiger charge is -2.20. The van der Waals surface area contributed by atoms with Gasteiger partial charge in [0.25, 0.3) is 0 Å². The molecule has 17 heavy (non-hydrogen) atoms. The Labute approximate surface area is 109 Å². The zero-order valence-electron chi connectivity index (χ0n) is 9.87. The number of anilines is 1. The minimum Gasteiger partial charge on any atom is -0.444 e. The number of nitrogens with one attached hydrogen (secondary N) is 1. The zero-order valence-corrected chi connectivity index (χ0v) is 11.5. The number of amides is 1. The van der Waals surface area contributed by atoms with E-state index in [9.17, 15) is 4.79 Å². The van der Waals surface area contributed by atoms with E-state index in [1.165, 1.54) is 0 Å². The van der Waals surface area contributed by atoms with Gasteiger partial charge < -0.3 is 10.1 Å². The Morgan fingerprint density at radius 2 is 2.12 bits per heavy atom. The molecule has 0 aliphatic carbocycles. The van der Waals surface area contributed by atoms with Crippen LogP contribution in [0.3, 0.4) is 0 Å². The normalized spacial score (nSPS) is 10.5. The molecule has 0 radical (unpaired) electrons. The molecule has 0 fully saturated rings. The fourth-order valence-electron chi connectivity index (χ4n) is 1.12. The van der Waals surface area contributed by atoms with Crippen LogP contribution >= 0.6 is 15.9 Å².